The Morgan fingerprint density at radius 2 is 1.96 bits per heavy atom. The van der Waals surface area contributed by atoms with Crippen molar-refractivity contribution >= 4 is 28.2 Å². The van der Waals surface area contributed by atoms with E-state index in [4.69, 9.17) is 10.5 Å². The lowest BCUT2D eigenvalue weighted by atomic mass is 9.81. The Labute approximate surface area is 163 Å². The molecule has 1 aliphatic rings. The van der Waals surface area contributed by atoms with Crippen molar-refractivity contribution in [2.45, 2.75) is 45.2 Å². The van der Waals surface area contributed by atoms with E-state index in [1.807, 2.05) is 0 Å². The quantitative estimate of drug-likeness (QED) is 0.751. The molecule has 4 N–H and O–H groups in total. The van der Waals surface area contributed by atoms with E-state index in [9.17, 15) is 9.59 Å². The summed E-state index contributed by atoms with van der Waals surface area (Å²) in [6.07, 6.45) is 0.662. The number of amides is 2. The van der Waals surface area contributed by atoms with Crippen molar-refractivity contribution in [1.29, 1.82) is 0 Å². The van der Waals surface area contributed by atoms with Gasteiger partial charge in [-0.25, -0.2) is 0 Å². The second-order valence-electron chi connectivity index (χ2n) is 7.97. The number of nitrogens with one attached hydrogen (secondary N) is 2. The summed E-state index contributed by atoms with van der Waals surface area (Å²) in [7, 11) is 1.55. The van der Waals surface area contributed by atoms with Gasteiger partial charge in [-0.15, -0.1) is 11.3 Å². The first-order chi connectivity index (χ1) is 12.5. The van der Waals surface area contributed by atoms with Gasteiger partial charge >= 0.3 is 0 Å². The van der Waals surface area contributed by atoms with Gasteiger partial charge in [-0.3, -0.25) is 9.59 Å². The van der Waals surface area contributed by atoms with Gasteiger partial charge in [0, 0.05) is 21.5 Å². The van der Waals surface area contributed by atoms with Crippen LogP contribution in [0.5, 0.6) is 5.75 Å². The summed E-state index contributed by atoms with van der Waals surface area (Å²) in [5.41, 5.74) is 6.97. The van der Waals surface area contributed by atoms with E-state index in [-0.39, 0.29) is 17.0 Å². The van der Waals surface area contributed by atoms with Crippen molar-refractivity contribution in [1.82, 2.24) is 5.32 Å². The summed E-state index contributed by atoms with van der Waals surface area (Å²) in [4.78, 5) is 26.0. The minimum Gasteiger partial charge on any atom is -0.497 e. The number of rotatable bonds is 4. The first kappa shape index (κ1) is 19.4. The molecule has 0 atom stereocenters. The molecule has 0 unspecified atom stereocenters. The average molecular weight is 388 g/mol. The highest BCUT2D eigenvalue weighted by Crippen LogP contribution is 2.45. The van der Waals surface area contributed by atoms with Crippen molar-refractivity contribution in [3.8, 4) is 5.75 Å². The van der Waals surface area contributed by atoms with Crippen molar-refractivity contribution in [2.24, 2.45) is 5.73 Å². The Bertz CT molecular complexity index is 915. The minimum atomic E-state index is -0.526. The fourth-order valence-electron chi connectivity index (χ4n) is 3.82. The highest BCUT2D eigenvalue weighted by atomic mass is 32.1. The van der Waals surface area contributed by atoms with E-state index in [0.29, 0.717) is 28.3 Å². The van der Waals surface area contributed by atoms with E-state index in [1.54, 1.807) is 31.4 Å². The standard InChI is InChI=1S/C20H25N3O3S/c1-19(2)10-13-14(16(21)24)18(27-15(13)20(3,4)23-19)22-17(25)11-7-6-8-12(9-11)26-5/h6-9,23H,10H2,1-5H3,(H2,21,24)(H,22,25). The zero-order valence-corrected chi connectivity index (χ0v) is 17.0. The number of nitrogens with two attached hydrogens (primary N) is 1. The molecule has 0 bridgehead atoms. The van der Waals surface area contributed by atoms with Gasteiger partial charge in [-0.2, -0.15) is 0 Å². The van der Waals surface area contributed by atoms with E-state index < -0.39 is 5.91 Å². The molecule has 2 aromatic rings. The second kappa shape index (κ2) is 6.65. The number of ether oxygens (including phenoxy) is 1. The maximum absolute atomic E-state index is 12.7. The zero-order chi connectivity index (χ0) is 20.0. The number of hydrogen-bond acceptors (Lipinski definition) is 5. The number of methoxy groups -OCH3 is 1. The minimum absolute atomic E-state index is 0.185. The molecule has 7 heteroatoms. The Balaban J connectivity index is 2.03. The summed E-state index contributed by atoms with van der Waals surface area (Å²) in [6, 6.07) is 6.87. The third-order valence-electron chi connectivity index (χ3n) is 4.65. The molecule has 1 aromatic heterocycles. The van der Waals surface area contributed by atoms with Crippen LogP contribution in [-0.2, 0) is 12.0 Å². The van der Waals surface area contributed by atoms with Crippen molar-refractivity contribution < 1.29 is 14.3 Å². The lowest BCUT2D eigenvalue weighted by Gasteiger charge is -2.42. The molecule has 3 rings (SSSR count). The van der Waals surface area contributed by atoms with Crippen molar-refractivity contribution in [3.05, 3.63) is 45.8 Å². The van der Waals surface area contributed by atoms with Gasteiger partial charge in [0.25, 0.3) is 11.8 Å². The summed E-state index contributed by atoms with van der Waals surface area (Å²) in [5, 5.41) is 6.97. The van der Waals surface area contributed by atoms with Crippen LogP contribution in [0.3, 0.4) is 0 Å². The van der Waals surface area contributed by atoms with Gasteiger partial charge in [0.05, 0.1) is 12.7 Å². The van der Waals surface area contributed by atoms with E-state index in [0.717, 1.165) is 10.4 Å². The van der Waals surface area contributed by atoms with Gasteiger partial charge in [-0.1, -0.05) is 6.07 Å². The number of fused-ring (bicyclic) bond motifs is 1. The molecule has 0 saturated carbocycles. The van der Waals surface area contributed by atoms with Crippen molar-refractivity contribution in [3.63, 3.8) is 0 Å². The third-order valence-corrected chi connectivity index (χ3v) is 6.12. The number of anilines is 1. The van der Waals surface area contributed by atoms with Crippen LogP contribution < -0.4 is 21.1 Å². The van der Waals surface area contributed by atoms with Crippen LogP contribution in [0.25, 0.3) is 0 Å². The number of hydrogen-bond donors (Lipinski definition) is 3. The molecular formula is C20H25N3O3S. The molecule has 2 amide bonds. The Hall–Kier alpha value is -2.38. The summed E-state index contributed by atoms with van der Waals surface area (Å²) < 4.78 is 5.17. The first-order valence-electron chi connectivity index (χ1n) is 8.75. The lowest BCUT2D eigenvalue weighted by Crippen LogP contribution is -2.55. The molecule has 1 aromatic carbocycles. The zero-order valence-electron chi connectivity index (χ0n) is 16.2. The predicted molar refractivity (Wildman–Crippen MR) is 108 cm³/mol. The molecule has 27 heavy (non-hydrogen) atoms. The molecule has 0 radical (unpaired) electrons. The van der Waals surface area contributed by atoms with Crippen LogP contribution in [-0.4, -0.2) is 24.5 Å². The second-order valence-corrected chi connectivity index (χ2v) is 9.00. The van der Waals surface area contributed by atoms with Crippen LogP contribution >= 0.6 is 11.3 Å². The Kier molecular flexibility index (Phi) is 4.78. The molecule has 0 fully saturated rings. The number of carbonyl (C=O) groups is 2. The summed E-state index contributed by atoms with van der Waals surface area (Å²) in [6.45, 7) is 8.33. The Morgan fingerprint density at radius 3 is 2.59 bits per heavy atom. The topological polar surface area (TPSA) is 93.4 Å². The average Bonchev–Trinajstić information content (AvgIpc) is 2.91. The van der Waals surface area contributed by atoms with Gasteiger partial charge < -0.3 is 21.1 Å². The molecule has 0 aliphatic carbocycles. The van der Waals surface area contributed by atoms with Crippen LogP contribution in [0.4, 0.5) is 5.00 Å². The molecule has 1 aliphatic heterocycles. The first-order valence-corrected chi connectivity index (χ1v) is 9.56. The van der Waals surface area contributed by atoms with Gasteiger partial charge in [0.2, 0.25) is 0 Å². The maximum Gasteiger partial charge on any atom is 0.256 e. The van der Waals surface area contributed by atoms with Crippen molar-refractivity contribution in [2.75, 3.05) is 12.4 Å². The lowest BCUT2D eigenvalue weighted by molar-refractivity contribution is 0.0999. The van der Waals surface area contributed by atoms with Gasteiger partial charge in [0.1, 0.15) is 10.8 Å². The molecule has 0 spiro atoms. The van der Waals surface area contributed by atoms with Crippen LogP contribution in [0.2, 0.25) is 0 Å². The fourth-order valence-corrected chi connectivity index (χ4v) is 5.09. The van der Waals surface area contributed by atoms with Crippen LogP contribution in [0, 0.1) is 0 Å². The van der Waals surface area contributed by atoms with Gasteiger partial charge in [0.15, 0.2) is 0 Å². The Morgan fingerprint density at radius 1 is 1.26 bits per heavy atom. The summed E-state index contributed by atoms with van der Waals surface area (Å²) >= 11 is 1.40. The number of benzene rings is 1. The molecule has 0 saturated heterocycles. The van der Waals surface area contributed by atoms with E-state index >= 15 is 0 Å². The molecule has 6 nitrogen and oxygen atoms in total. The van der Waals surface area contributed by atoms with Crippen LogP contribution in [0.15, 0.2) is 24.3 Å². The maximum atomic E-state index is 12.7. The number of thiophene rings is 1. The fraction of sp³-hybridized carbons (Fsp3) is 0.400. The van der Waals surface area contributed by atoms with E-state index in [2.05, 4.69) is 38.3 Å². The number of carbonyl (C=O) groups excluding carboxylic acids is 2. The highest BCUT2D eigenvalue weighted by Gasteiger charge is 2.41. The SMILES string of the molecule is COc1cccc(C(=O)Nc2sc3c(c2C(N)=O)CC(C)(C)NC3(C)C)c1. The van der Waals surface area contributed by atoms with E-state index in [1.165, 1.54) is 11.3 Å². The molecule has 2 heterocycles. The smallest absolute Gasteiger partial charge is 0.256 e. The summed E-state index contributed by atoms with van der Waals surface area (Å²) in [5.74, 6) is -0.239. The van der Waals surface area contributed by atoms with Crippen LogP contribution in [0.1, 0.15) is 58.9 Å². The monoisotopic (exact) mass is 387 g/mol. The molecule has 144 valence electrons. The highest BCUT2D eigenvalue weighted by molar-refractivity contribution is 7.17. The molecular weight excluding hydrogens is 362 g/mol. The normalized spacial score (nSPS) is 17.1. The van der Waals surface area contributed by atoms with Gasteiger partial charge in [-0.05, 0) is 57.9 Å². The number of primary amides is 1. The largest absolute Gasteiger partial charge is 0.497 e. The third kappa shape index (κ3) is 3.70. The predicted octanol–water partition coefficient (Wildman–Crippen LogP) is 3.27.